The molecule has 0 saturated carbocycles. The number of rotatable bonds is 25. The number of hydrogen-bond acceptors (Lipinski definition) is 9. The molecule has 14 heteroatoms. The Labute approximate surface area is 341 Å². The summed E-state index contributed by atoms with van der Waals surface area (Å²) >= 11 is 0. The number of nitrogens with one attached hydrogen (secondary N) is 2. The van der Waals surface area contributed by atoms with Crippen LogP contribution >= 0.6 is 0 Å². The number of amides is 4. The number of carboxylic acids is 1. The number of nitrogens with two attached hydrogens (primary N) is 1. The smallest absolute Gasteiger partial charge is 0.326 e. The zero-order valence-corrected chi connectivity index (χ0v) is 36.5. The van der Waals surface area contributed by atoms with E-state index in [2.05, 4.69) is 10.6 Å². The lowest BCUT2D eigenvalue weighted by molar-refractivity contribution is -0.148. The molecule has 9 atom stereocenters. The molecule has 0 aliphatic carbocycles. The molecule has 0 aromatic heterocycles. The SMILES string of the molecule is CCC(C)C(C(CC(=O)N1CCC[C@H]1C(OC)C(C)C(=O)NC(Cc1ccccc1)C(=O)O)OC)N(C)C(=O)C(NC(=O)C(C(C)C)N(C)CCCCN)C(C)C. The average Bonchev–Trinajstić information content (AvgIpc) is 3.66. The van der Waals surface area contributed by atoms with Crippen molar-refractivity contribution < 1.29 is 38.6 Å². The second-order valence-corrected chi connectivity index (χ2v) is 16.6. The number of hydrogen-bond donors (Lipinski definition) is 4. The predicted octanol–water partition coefficient (Wildman–Crippen LogP) is 3.55. The first kappa shape index (κ1) is 49.6. The van der Waals surface area contributed by atoms with Gasteiger partial charge in [-0.2, -0.15) is 0 Å². The second-order valence-electron chi connectivity index (χ2n) is 16.6. The van der Waals surface area contributed by atoms with Crippen LogP contribution < -0.4 is 16.4 Å². The monoisotopic (exact) mass is 803 g/mol. The third kappa shape index (κ3) is 14.0. The lowest BCUT2D eigenvalue weighted by Crippen LogP contribution is -2.60. The third-order valence-electron chi connectivity index (χ3n) is 11.7. The number of carbonyl (C=O) groups is 5. The van der Waals surface area contributed by atoms with E-state index in [0.717, 1.165) is 18.4 Å². The summed E-state index contributed by atoms with van der Waals surface area (Å²) in [7, 11) is 6.69. The van der Waals surface area contributed by atoms with Gasteiger partial charge in [0.25, 0.3) is 0 Å². The van der Waals surface area contributed by atoms with Crippen LogP contribution in [0.1, 0.15) is 92.6 Å². The Morgan fingerprint density at radius 3 is 2.11 bits per heavy atom. The van der Waals surface area contributed by atoms with Crippen LogP contribution in [0.4, 0.5) is 0 Å². The van der Waals surface area contributed by atoms with Crippen molar-refractivity contribution in [3.8, 4) is 0 Å². The van der Waals surface area contributed by atoms with Gasteiger partial charge in [0, 0.05) is 34.2 Å². The van der Waals surface area contributed by atoms with E-state index in [-0.39, 0.29) is 48.3 Å². The maximum atomic E-state index is 14.4. The third-order valence-corrected chi connectivity index (χ3v) is 11.7. The maximum absolute atomic E-state index is 14.4. The van der Waals surface area contributed by atoms with Crippen LogP contribution in [0.15, 0.2) is 30.3 Å². The van der Waals surface area contributed by atoms with E-state index in [1.165, 1.54) is 7.11 Å². The fourth-order valence-electron chi connectivity index (χ4n) is 8.29. The van der Waals surface area contributed by atoms with Gasteiger partial charge in [0.2, 0.25) is 23.6 Å². The molecule has 1 saturated heterocycles. The quantitative estimate of drug-likeness (QED) is 0.107. The minimum atomic E-state index is -1.14. The van der Waals surface area contributed by atoms with Gasteiger partial charge in [0.05, 0.1) is 42.7 Å². The second kappa shape index (κ2) is 24.4. The molecule has 5 N–H and O–H groups in total. The van der Waals surface area contributed by atoms with Crippen molar-refractivity contribution in [1.82, 2.24) is 25.3 Å². The van der Waals surface area contributed by atoms with Crippen LogP contribution in [0, 0.1) is 23.7 Å². The van der Waals surface area contributed by atoms with Gasteiger partial charge in [-0.1, -0.05) is 85.2 Å². The molecular weight excluding hydrogens is 729 g/mol. The molecule has 8 unspecified atom stereocenters. The van der Waals surface area contributed by atoms with Gasteiger partial charge in [0.15, 0.2) is 0 Å². The van der Waals surface area contributed by atoms with Crippen molar-refractivity contribution in [2.75, 3.05) is 47.9 Å². The number of aliphatic carboxylic acids is 1. The number of unbranched alkanes of at least 4 members (excludes halogenated alkanes) is 1. The number of ether oxygens (including phenoxy) is 2. The van der Waals surface area contributed by atoms with Crippen molar-refractivity contribution in [1.29, 1.82) is 0 Å². The van der Waals surface area contributed by atoms with Crippen LogP contribution in [0.5, 0.6) is 0 Å². The normalized spacial score (nSPS) is 18.7. The molecule has 1 aromatic rings. The Morgan fingerprint density at radius 2 is 1.58 bits per heavy atom. The van der Waals surface area contributed by atoms with Gasteiger partial charge in [-0.15, -0.1) is 0 Å². The summed E-state index contributed by atoms with van der Waals surface area (Å²) in [6, 6.07) is 5.83. The Balaban J connectivity index is 2.27. The largest absolute Gasteiger partial charge is 0.480 e. The number of nitrogens with zero attached hydrogens (tertiary/aromatic N) is 3. The molecule has 0 spiro atoms. The van der Waals surface area contributed by atoms with Crippen molar-refractivity contribution in [3.05, 3.63) is 35.9 Å². The molecule has 2 rings (SSSR count). The fraction of sp³-hybridized carbons (Fsp3) is 0.744. The van der Waals surface area contributed by atoms with E-state index >= 15 is 0 Å². The summed E-state index contributed by atoms with van der Waals surface area (Å²) in [5, 5.41) is 15.7. The van der Waals surface area contributed by atoms with E-state index in [1.54, 1.807) is 30.9 Å². The molecule has 1 aliphatic rings. The maximum Gasteiger partial charge on any atom is 0.326 e. The average molecular weight is 803 g/mol. The van der Waals surface area contributed by atoms with Crippen molar-refractivity contribution in [2.45, 2.75) is 136 Å². The summed E-state index contributed by atoms with van der Waals surface area (Å²) < 4.78 is 11.9. The number of likely N-dealkylation sites (N-methyl/N-ethyl adjacent to an activating group) is 2. The van der Waals surface area contributed by atoms with Crippen LogP contribution in [-0.4, -0.2) is 140 Å². The van der Waals surface area contributed by atoms with Gasteiger partial charge in [-0.3, -0.25) is 24.1 Å². The summed E-state index contributed by atoms with van der Waals surface area (Å²) in [6.07, 6.45) is 2.51. The molecule has 0 radical (unpaired) electrons. The number of benzene rings is 1. The Hall–Kier alpha value is -3.59. The van der Waals surface area contributed by atoms with Gasteiger partial charge in [-0.25, -0.2) is 4.79 Å². The zero-order chi connectivity index (χ0) is 43.0. The Morgan fingerprint density at radius 1 is 0.930 bits per heavy atom. The topological polar surface area (TPSA) is 184 Å². The molecule has 4 amide bonds. The van der Waals surface area contributed by atoms with E-state index in [9.17, 15) is 29.1 Å². The molecule has 324 valence electrons. The zero-order valence-electron chi connectivity index (χ0n) is 36.5. The first-order chi connectivity index (χ1) is 26.9. The minimum absolute atomic E-state index is 0.0102. The molecule has 0 bridgehead atoms. The van der Waals surface area contributed by atoms with E-state index < -0.39 is 60.2 Å². The van der Waals surface area contributed by atoms with Crippen LogP contribution in [-0.2, 0) is 39.9 Å². The molecule has 1 fully saturated rings. The number of likely N-dealkylation sites (tertiary alicyclic amines) is 1. The standard InChI is InChI=1S/C43H74N6O8/c1-12-29(6)38(48(9)42(53)36(27(2)3)46-41(52)37(28(4)5)47(8)23-17-16-22-44)34(56-10)26-35(50)49-24-18-21-33(49)39(57-11)30(7)40(51)45-32(43(54)55)25-31-19-14-13-15-20-31/h13-15,19-20,27-30,32-34,36-39H,12,16-18,21-26,44H2,1-11H3,(H,45,51)(H,46,52)(H,54,55)/t29?,30?,32?,33-,34?,36?,37?,38?,39?/m0/s1. The Kier molecular flexibility index (Phi) is 21.2. The molecule has 1 aromatic carbocycles. The highest BCUT2D eigenvalue weighted by molar-refractivity contribution is 5.90. The van der Waals surface area contributed by atoms with Crippen LogP contribution in [0.2, 0.25) is 0 Å². The van der Waals surface area contributed by atoms with Crippen molar-refractivity contribution in [3.63, 3.8) is 0 Å². The van der Waals surface area contributed by atoms with Gasteiger partial charge in [0.1, 0.15) is 12.1 Å². The van der Waals surface area contributed by atoms with E-state index in [4.69, 9.17) is 15.2 Å². The van der Waals surface area contributed by atoms with Gasteiger partial charge >= 0.3 is 5.97 Å². The highest BCUT2D eigenvalue weighted by atomic mass is 16.5. The first-order valence-electron chi connectivity index (χ1n) is 20.8. The number of carbonyl (C=O) groups excluding carboxylic acids is 4. The summed E-state index contributed by atoms with van der Waals surface area (Å²) in [4.78, 5) is 73.5. The summed E-state index contributed by atoms with van der Waals surface area (Å²) in [6.45, 7) is 15.3. The van der Waals surface area contributed by atoms with E-state index in [1.807, 2.05) is 83.8 Å². The Bertz CT molecular complexity index is 1410. The highest BCUT2D eigenvalue weighted by Gasteiger charge is 2.43. The predicted molar refractivity (Wildman–Crippen MR) is 222 cm³/mol. The van der Waals surface area contributed by atoms with Crippen LogP contribution in [0.3, 0.4) is 0 Å². The summed E-state index contributed by atoms with van der Waals surface area (Å²) in [5.41, 5.74) is 6.48. The molecule has 57 heavy (non-hydrogen) atoms. The van der Waals surface area contributed by atoms with E-state index in [0.29, 0.717) is 38.9 Å². The highest BCUT2D eigenvalue weighted by Crippen LogP contribution is 2.30. The van der Waals surface area contributed by atoms with Gasteiger partial charge < -0.3 is 40.7 Å². The van der Waals surface area contributed by atoms with Crippen LogP contribution in [0.25, 0.3) is 0 Å². The van der Waals surface area contributed by atoms with Crippen molar-refractivity contribution in [2.24, 2.45) is 29.4 Å². The number of methoxy groups -OCH3 is 2. The lowest BCUT2D eigenvalue weighted by atomic mass is 9.89. The lowest BCUT2D eigenvalue weighted by Gasteiger charge is -2.41. The molecular formula is C43H74N6O8. The molecule has 14 nitrogen and oxygen atoms in total. The minimum Gasteiger partial charge on any atom is -0.480 e. The van der Waals surface area contributed by atoms with Crippen molar-refractivity contribution >= 4 is 29.6 Å². The fourth-order valence-corrected chi connectivity index (χ4v) is 8.29. The van der Waals surface area contributed by atoms with Gasteiger partial charge in [-0.05, 0) is 69.1 Å². The first-order valence-corrected chi connectivity index (χ1v) is 20.8. The number of carboxylic acid groups (broad SMARTS) is 1. The summed E-state index contributed by atoms with van der Waals surface area (Å²) in [5.74, 6) is -3.27. The molecule has 1 heterocycles. The molecule has 1 aliphatic heterocycles.